The standard InChI is InChI=1S/C20H24N6O4S/c21-12-17-18(25-31(22,28)29)5-3-6-19(17)30-14-16-4-1-2-11-26(16)20(27)24-13-15-7-9-23-10-8-15/h3,5-10,16,25H,1-2,4,11,13-14H2,(H,24,27)(H2,22,28,29)/t16-/m1/s1. The molecule has 1 atom stereocenters. The molecule has 1 aliphatic rings. The van der Waals surface area contributed by atoms with Gasteiger partial charge in [0.1, 0.15) is 24.0 Å². The molecule has 0 spiro atoms. The van der Waals surface area contributed by atoms with Gasteiger partial charge in [0.05, 0.1) is 11.7 Å². The van der Waals surface area contributed by atoms with Crippen LogP contribution in [0.3, 0.4) is 0 Å². The number of hydrogen-bond acceptors (Lipinski definition) is 6. The Morgan fingerprint density at radius 3 is 2.77 bits per heavy atom. The number of likely N-dealkylation sites (tertiary alicyclic amines) is 1. The van der Waals surface area contributed by atoms with Crippen molar-refractivity contribution >= 4 is 21.9 Å². The molecule has 1 aromatic heterocycles. The lowest BCUT2D eigenvalue weighted by Gasteiger charge is -2.35. The Bertz CT molecular complexity index is 1060. The second kappa shape index (κ2) is 10.1. The summed E-state index contributed by atoms with van der Waals surface area (Å²) in [5.74, 6) is 0.221. The monoisotopic (exact) mass is 444 g/mol. The molecule has 0 unspecified atom stereocenters. The molecule has 0 saturated carbocycles. The third-order valence-electron chi connectivity index (χ3n) is 4.90. The first kappa shape index (κ1) is 22.3. The molecule has 31 heavy (non-hydrogen) atoms. The van der Waals surface area contributed by atoms with Crippen molar-refractivity contribution in [3.63, 3.8) is 0 Å². The number of nitriles is 1. The van der Waals surface area contributed by atoms with Crippen molar-refractivity contribution in [3.8, 4) is 11.8 Å². The van der Waals surface area contributed by atoms with Crippen molar-refractivity contribution in [1.82, 2.24) is 15.2 Å². The van der Waals surface area contributed by atoms with Gasteiger partial charge in [-0.2, -0.15) is 13.7 Å². The molecule has 4 N–H and O–H groups in total. The van der Waals surface area contributed by atoms with E-state index in [4.69, 9.17) is 9.88 Å². The Labute approximate surface area is 181 Å². The molecular weight excluding hydrogens is 420 g/mol. The molecule has 11 heteroatoms. The predicted octanol–water partition coefficient (Wildman–Crippen LogP) is 1.71. The normalized spacial score (nSPS) is 16.3. The summed E-state index contributed by atoms with van der Waals surface area (Å²) in [6.07, 6.45) is 5.96. The highest BCUT2D eigenvalue weighted by Gasteiger charge is 2.27. The number of nitrogens with zero attached hydrogens (tertiary/aromatic N) is 3. The smallest absolute Gasteiger partial charge is 0.318 e. The fraction of sp³-hybridized carbons (Fsp3) is 0.350. The number of amides is 2. The van der Waals surface area contributed by atoms with E-state index in [2.05, 4.69) is 15.0 Å². The van der Waals surface area contributed by atoms with E-state index in [1.165, 1.54) is 6.07 Å². The van der Waals surface area contributed by atoms with Gasteiger partial charge >= 0.3 is 6.03 Å². The van der Waals surface area contributed by atoms with Crippen LogP contribution in [0.2, 0.25) is 0 Å². The molecule has 0 radical (unpaired) electrons. The van der Waals surface area contributed by atoms with Crippen LogP contribution in [0.25, 0.3) is 0 Å². The number of benzene rings is 1. The number of piperidine rings is 1. The van der Waals surface area contributed by atoms with E-state index in [1.807, 2.05) is 18.2 Å². The van der Waals surface area contributed by atoms with Crippen molar-refractivity contribution in [1.29, 1.82) is 5.26 Å². The first-order valence-electron chi connectivity index (χ1n) is 9.77. The number of nitrogens with one attached hydrogen (secondary N) is 2. The highest BCUT2D eigenvalue weighted by molar-refractivity contribution is 7.90. The van der Waals surface area contributed by atoms with Crippen LogP contribution in [0.1, 0.15) is 30.4 Å². The van der Waals surface area contributed by atoms with Gasteiger partial charge in [0.25, 0.3) is 10.2 Å². The second-order valence-corrected chi connectivity index (χ2v) is 8.40. The number of hydrogen-bond donors (Lipinski definition) is 3. The maximum Gasteiger partial charge on any atom is 0.318 e. The summed E-state index contributed by atoms with van der Waals surface area (Å²) in [4.78, 5) is 18.4. The van der Waals surface area contributed by atoms with Crippen molar-refractivity contribution < 1.29 is 17.9 Å². The average Bonchev–Trinajstić information content (AvgIpc) is 2.76. The van der Waals surface area contributed by atoms with Crippen LogP contribution in [0, 0.1) is 11.3 Å². The Morgan fingerprint density at radius 1 is 1.29 bits per heavy atom. The third-order valence-corrected chi connectivity index (χ3v) is 5.41. The summed E-state index contributed by atoms with van der Waals surface area (Å²) in [6, 6.07) is 9.81. The molecule has 2 heterocycles. The number of pyridine rings is 1. The molecule has 0 bridgehead atoms. The number of nitrogens with two attached hydrogens (primary N) is 1. The van der Waals surface area contributed by atoms with Crippen LogP contribution in [-0.4, -0.2) is 43.5 Å². The Hall–Kier alpha value is -3.36. The molecule has 164 valence electrons. The quantitative estimate of drug-likeness (QED) is 0.591. The predicted molar refractivity (Wildman–Crippen MR) is 114 cm³/mol. The number of carbonyl (C=O) groups excluding carboxylic acids is 1. The van der Waals surface area contributed by atoms with E-state index in [-0.39, 0.29) is 35.7 Å². The topological polar surface area (TPSA) is 150 Å². The van der Waals surface area contributed by atoms with Crippen molar-refractivity contribution in [2.75, 3.05) is 17.9 Å². The Kier molecular flexibility index (Phi) is 7.28. The number of anilines is 1. The Morgan fingerprint density at radius 2 is 2.06 bits per heavy atom. The van der Waals surface area contributed by atoms with E-state index in [0.717, 1.165) is 24.8 Å². The highest BCUT2D eigenvalue weighted by atomic mass is 32.2. The molecule has 1 fully saturated rings. The van der Waals surface area contributed by atoms with Gasteiger partial charge in [-0.25, -0.2) is 9.93 Å². The van der Waals surface area contributed by atoms with E-state index < -0.39 is 10.2 Å². The SMILES string of the molecule is N#Cc1c(NS(N)(=O)=O)cccc1OC[C@H]1CCCCN1C(=O)NCc1ccncc1. The number of urea groups is 1. The lowest BCUT2D eigenvalue weighted by atomic mass is 10.0. The number of rotatable bonds is 7. The van der Waals surface area contributed by atoms with Gasteiger partial charge in [0.15, 0.2) is 0 Å². The van der Waals surface area contributed by atoms with E-state index >= 15 is 0 Å². The summed E-state index contributed by atoms with van der Waals surface area (Å²) in [5, 5.41) is 17.4. The minimum Gasteiger partial charge on any atom is -0.490 e. The lowest BCUT2D eigenvalue weighted by Crippen LogP contribution is -2.50. The summed E-state index contributed by atoms with van der Waals surface area (Å²) in [5.41, 5.74) is 1.02. The maximum absolute atomic E-state index is 12.7. The van der Waals surface area contributed by atoms with Crippen molar-refractivity contribution in [3.05, 3.63) is 53.9 Å². The van der Waals surface area contributed by atoms with Crippen LogP contribution in [0.15, 0.2) is 42.7 Å². The van der Waals surface area contributed by atoms with Crippen molar-refractivity contribution in [2.45, 2.75) is 31.8 Å². The van der Waals surface area contributed by atoms with Crippen molar-refractivity contribution in [2.24, 2.45) is 5.14 Å². The molecule has 10 nitrogen and oxygen atoms in total. The summed E-state index contributed by atoms with van der Waals surface area (Å²) in [6.45, 7) is 1.18. The fourth-order valence-corrected chi connectivity index (χ4v) is 3.89. The fourth-order valence-electron chi connectivity index (χ4n) is 3.41. The van der Waals surface area contributed by atoms with E-state index in [1.54, 1.807) is 29.4 Å². The molecular formula is C20H24N6O4S. The minimum absolute atomic E-state index is 0.0287. The largest absolute Gasteiger partial charge is 0.490 e. The molecule has 3 rings (SSSR count). The number of aromatic nitrogens is 1. The molecule has 1 aromatic carbocycles. The van der Waals surface area contributed by atoms with Gasteiger partial charge in [-0.1, -0.05) is 6.07 Å². The van der Waals surface area contributed by atoms with Gasteiger partial charge < -0.3 is 15.0 Å². The van der Waals surface area contributed by atoms with Crippen LogP contribution in [0.5, 0.6) is 5.75 Å². The third kappa shape index (κ3) is 6.31. The summed E-state index contributed by atoms with van der Waals surface area (Å²) in [7, 11) is -4.03. The minimum atomic E-state index is -4.03. The Balaban J connectivity index is 1.66. The molecule has 2 aromatic rings. The molecule has 1 saturated heterocycles. The van der Waals surface area contributed by atoms with Gasteiger partial charge in [0, 0.05) is 25.5 Å². The van der Waals surface area contributed by atoms with Crippen LogP contribution >= 0.6 is 0 Å². The second-order valence-electron chi connectivity index (χ2n) is 7.11. The van der Waals surface area contributed by atoms with Gasteiger partial charge in [-0.05, 0) is 49.1 Å². The van der Waals surface area contributed by atoms with Crippen LogP contribution in [-0.2, 0) is 16.8 Å². The van der Waals surface area contributed by atoms with E-state index in [9.17, 15) is 18.5 Å². The molecule has 1 aliphatic heterocycles. The number of ether oxygens (including phenoxy) is 1. The molecule has 0 aliphatic carbocycles. The average molecular weight is 445 g/mol. The maximum atomic E-state index is 12.7. The van der Waals surface area contributed by atoms with Gasteiger partial charge in [0.2, 0.25) is 0 Å². The zero-order valence-corrected chi connectivity index (χ0v) is 17.6. The first-order valence-corrected chi connectivity index (χ1v) is 11.3. The van der Waals surface area contributed by atoms with Gasteiger partial charge in [-0.3, -0.25) is 9.71 Å². The summed E-state index contributed by atoms with van der Waals surface area (Å²) < 4.78 is 30.6. The first-order chi connectivity index (χ1) is 14.9. The molecule has 2 amide bonds. The van der Waals surface area contributed by atoms with E-state index in [0.29, 0.717) is 13.1 Å². The van der Waals surface area contributed by atoms with Gasteiger partial charge in [-0.15, -0.1) is 0 Å². The zero-order valence-electron chi connectivity index (χ0n) is 16.8. The summed E-state index contributed by atoms with van der Waals surface area (Å²) >= 11 is 0. The highest BCUT2D eigenvalue weighted by Crippen LogP contribution is 2.27. The number of carbonyl (C=O) groups is 1. The van der Waals surface area contributed by atoms with Crippen LogP contribution < -0.4 is 19.9 Å². The lowest BCUT2D eigenvalue weighted by molar-refractivity contribution is 0.116. The zero-order chi connectivity index (χ0) is 22.3. The van der Waals surface area contributed by atoms with Crippen LogP contribution in [0.4, 0.5) is 10.5 Å².